The third kappa shape index (κ3) is 2.87. The standard InChI is InChI=1S/C15H14O2S/c1-10-8-14(11(2)18-10)15(17)7-6-12-4-3-5-13(16)9-12/h3-9,16H,1-2H3/b7-6+. The van der Waals surface area contributed by atoms with Gasteiger partial charge in [-0.05, 0) is 43.7 Å². The molecule has 3 heteroatoms. The first-order chi connectivity index (χ1) is 8.56. The molecule has 0 bridgehead atoms. The Balaban J connectivity index is 2.19. The van der Waals surface area contributed by atoms with E-state index in [0.29, 0.717) is 0 Å². The fourth-order valence-corrected chi connectivity index (χ4v) is 2.69. The van der Waals surface area contributed by atoms with Crippen LogP contribution < -0.4 is 0 Å². The summed E-state index contributed by atoms with van der Waals surface area (Å²) in [6.07, 6.45) is 3.26. The van der Waals surface area contributed by atoms with Crippen LogP contribution in [-0.4, -0.2) is 10.9 Å². The van der Waals surface area contributed by atoms with Crippen LogP contribution >= 0.6 is 11.3 Å². The maximum atomic E-state index is 12.0. The molecular weight excluding hydrogens is 244 g/mol. The molecule has 92 valence electrons. The normalized spacial score (nSPS) is 11.0. The van der Waals surface area contributed by atoms with E-state index in [0.717, 1.165) is 20.9 Å². The van der Waals surface area contributed by atoms with Crippen molar-refractivity contribution in [1.82, 2.24) is 0 Å². The molecule has 1 N–H and O–H groups in total. The molecular formula is C15H14O2S. The number of hydrogen-bond acceptors (Lipinski definition) is 3. The molecule has 0 aliphatic heterocycles. The van der Waals surface area contributed by atoms with E-state index in [1.165, 1.54) is 0 Å². The number of hydrogen-bond donors (Lipinski definition) is 1. The zero-order valence-corrected chi connectivity index (χ0v) is 11.1. The highest BCUT2D eigenvalue weighted by Crippen LogP contribution is 2.21. The Morgan fingerprint density at radius 2 is 2.06 bits per heavy atom. The Bertz CT molecular complexity index is 609. The number of benzene rings is 1. The number of aromatic hydroxyl groups is 1. The van der Waals surface area contributed by atoms with Crippen molar-refractivity contribution in [3.05, 3.63) is 57.3 Å². The van der Waals surface area contributed by atoms with Crippen molar-refractivity contribution in [3.63, 3.8) is 0 Å². The van der Waals surface area contributed by atoms with Crippen molar-refractivity contribution in [2.45, 2.75) is 13.8 Å². The molecule has 0 radical (unpaired) electrons. The molecule has 2 aromatic rings. The summed E-state index contributed by atoms with van der Waals surface area (Å²) < 4.78 is 0. The molecule has 0 unspecified atom stereocenters. The highest BCUT2D eigenvalue weighted by molar-refractivity contribution is 7.12. The smallest absolute Gasteiger partial charge is 0.186 e. The third-order valence-corrected chi connectivity index (χ3v) is 3.57. The van der Waals surface area contributed by atoms with Crippen LogP contribution in [0.3, 0.4) is 0 Å². The fraction of sp³-hybridized carbons (Fsp3) is 0.133. The molecule has 0 saturated carbocycles. The van der Waals surface area contributed by atoms with Gasteiger partial charge in [-0.2, -0.15) is 0 Å². The van der Waals surface area contributed by atoms with Crippen molar-refractivity contribution in [3.8, 4) is 5.75 Å². The van der Waals surface area contributed by atoms with Crippen LogP contribution in [0.5, 0.6) is 5.75 Å². The van der Waals surface area contributed by atoms with Gasteiger partial charge in [-0.3, -0.25) is 4.79 Å². The molecule has 1 aromatic heterocycles. The van der Waals surface area contributed by atoms with E-state index in [1.807, 2.05) is 26.0 Å². The van der Waals surface area contributed by atoms with Crippen molar-refractivity contribution < 1.29 is 9.90 Å². The second-order valence-electron chi connectivity index (χ2n) is 4.12. The average molecular weight is 258 g/mol. The summed E-state index contributed by atoms with van der Waals surface area (Å²) in [5, 5.41) is 9.33. The van der Waals surface area contributed by atoms with Crippen molar-refractivity contribution >= 4 is 23.2 Å². The van der Waals surface area contributed by atoms with Gasteiger partial charge < -0.3 is 5.11 Å². The second-order valence-corrected chi connectivity index (χ2v) is 5.58. The van der Waals surface area contributed by atoms with Gasteiger partial charge in [0.2, 0.25) is 0 Å². The maximum absolute atomic E-state index is 12.0. The summed E-state index contributed by atoms with van der Waals surface area (Å²) in [4.78, 5) is 14.2. The van der Waals surface area contributed by atoms with Crippen LogP contribution in [0.2, 0.25) is 0 Å². The predicted molar refractivity (Wildman–Crippen MR) is 75.3 cm³/mol. The summed E-state index contributed by atoms with van der Waals surface area (Å²) in [6, 6.07) is 8.73. The van der Waals surface area contributed by atoms with Crippen LogP contribution in [-0.2, 0) is 0 Å². The monoisotopic (exact) mass is 258 g/mol. The van der Waals surface area contributed by atoms with Gasteiger partial charge in [0.05, 0.1) is 0 Å². The minimum absolute atomic E-state index is 0.000179. The lowest BCUT2D eigenvalue weighted by molar-refractivity contribution is 0.104. The van der Waals surface area contributed by atoms with Gasteiger partial charge in [-0.25, -0.2) is 0 Å². The number of carbonyl (C=O) groups excluding carboxylic acids is 1. The lowest BCUT2D eigenvalue weighted by atomic mass is 10.1. The lowest BCUT2D eigenvalue weighted by Gasteiger charge is -1.95. The Hall–Kier alpha value is -1.87. The lowest BCUT2D eigenvalue weighted by Crippen LogP contribution is -1.93. The summed E-state index contributed by atoms with van der Waals surface area (Å²) in [6.45, 7) is 3.94. The predicted octanol–water partition coefficient (Wildman–Crippen LogP) is 3.97. The molecule has 2 nitrogen and oxygen atoms in total. The SMILES string of the molecule is Cc1cc(C(=O)/C=C/c2cccc(O)c2)c(C)s1. The van der Waals surface area contributed by atoms with Gasteiger partial charge >= 0.3 is 0 Å². The highest BCUT2D eigenvalue weighted by Gasteiger charge is 2.08. The Labute approximate surface area is 110 Å². The molecule has 0 atom stereocenters. The number of phenolic OH excluding ortho intramolecular Hbond substituents is 1. The molecule has 0 saturated heterocycles. The van der Waals surface area contributed by atoms with Crippen LogP contribution in [0.1, 0.15) is 25.7 Å². The molecule has 1 heterocycles. The van der Waals surface area contributed by atoms with Gasteiger partial charge in [-0.15, -0.1) is 11.3 Å². The quantitative estimate of drug-likeness (QED) is 0.668. The first-order valence-corrected chi connectivity index (χ1v) is 6.46. The van der Waals surface area contributed by atoms with Gasteiger partial charge in [0, 0.05) is 15.3 Å². The molecule has 0 amide bonds. The Morgan fingerprint density at radius 3 is 2.67 bits per heavy atom. The van der Waals surface area contributed by atoms with Crippen LogP contribution in [0.15, 0.2) is 36.4 Å². The van der Waals surface area contributed by atoms with Crippen LogP contribution in [0, 0.1) is 13.8 Å². The minimum Gasteiger partial charge on any atom is -0.508 e. The molecule has 0 aliphatic carbocycles. The third-order valence-electron chi connectivity index (χ3n) is 2.60. The van der Waals surface area contributed by atoms with E-state index in [9.17, 15) is 9.90 Å². The van der Waals surface area contributed by atoms with Crippen LogP contribution in [0.25, 0.3) is 6.08 Å². The Morgan fingerprint density at radius 1 is 1.28 bits per heavy atom. The average Bonchev–Trinajstić information content (AvgIpc) is 2.66. The Kier molecular flexibility index (Phi) is 3.63. The summed E-state index contributed by atoms with van der Waals surface area (Å²) in [7, 11) is 0. The van der Waals surface area contributed by atoms with Gasteiger partial charge in [0.25, 0.3) is 0 Å². The van der Waals surface area contributed by atoms with E-state index in [4.69, 9.17) is 0 Å². The van der Waals surface area contributed by atoms with E-state index in [2.05, 4.69) is 0 Å². The zero-order chi connectivity index (χ0) is 13.1. The first kappa shape index (κ1) is 12.6. The molecule has 0 aliphatic rings. The molecule has 2 rings (SSSR count). The largest absolute Gasteiger partial charge is 0.508 e. The molecule has 1 aromatic carbocycles. The van der Waals surface area contributed by atoms with E-state index < -0.39 is 0 Å². The number of phenols is 1. The number of ketones is 1. The van der Waals surface area contributed by atoms with Gasteiger partial charge in [0.15, 0.2) is 5.78 Å². The number of thiophene rings is 1. The molecule has 0 fully saturated rings. The second kappa shape index (κ2) is 5.19. The number of carbonyl (C=O) groups is 1. The summed E-state index contributed by atoms with van der Waals surface area (Å²) >= 11 is 1.63. The van der Waals surface area contributed by atoms with E-state index in [-0.39, 0.29) is 11.5 Å². The number of aryl methyl sites for hydroxylation is 2. The maximum Gasteiger partial charge on any atom is 0.186 e. The topological polar surface area (TPSA) is 37.3 Å². The zero-order valence-electron chi connectivity index (χ0n) is 10.3. The first-order valence-electron chi connectivity index (χ1n) is 5.65. The van der Waals surface area contributed by atoms with Gasteiger partial charge in [0.1, 0.15) is 5.75 Å². The van der Waals surface area contributed by atoms with E-state index in [1.54, 1.807) is 41.7 Å². The fourth-order valence-electron chi connectivity index (χ4n) is 1.77. The van der Waals surface area contributed by atoms with Crippen LogP contribution in [0.4, 0.5) is 0 Å². The molecule has 0 spiro atoms. The summed E-state index contributed by atoms with van der Waals surface area (Å²) in [5.74, 6) is 0.201. The summed E-state index contributed by atoms with van der Waals surface area (Å²) in [5.41, 5.74) is 1.57. The number of allylic oxidation sites excluding steroid dienone is 1. The van der Waals surface area contributed by atoms with Crippen molar-refractivity contribution in [1.29, 1.82) is 0 Å². The highest BCUT2D eigenvalue weighted by atomic mass is 32.1. The van der Waals surface area contributed by atoms with E-state index >= 15 is 0 Å². The minimum atomic E-state index is 0.000179. The molecule has 18 heavy (non-hydrogen) atoms. The van der Waals surface area contributed by atoms with Gasteiger partial charge in [-0.1, -0.05) is 18.2 Å². The number of rotatable bonds is 3. The van der Waals surface area contributed by atoms with Crippen molar-refractivity contribution in [2.24, 2.45) is 0 Å². The van der Waals surface area contributed by atoms with Crippen molar-refractivity contribution in [2.75, 3.05) is 0 Å².